The van der Waals surface area contributed by atoms with E-state index in [0.717, 1.165) is 22.3 Å². The van der Waals surface area contributed by atoms with Gasteiger partial charge in [0.15, 0.2) is 6.54 Å². The summed E-state index contributed by atoms with van der Waals surface area (Å²) in [6.07, 6.45) is 0. The van der Waals surface area contributed by atoms with Crippen molar-refractivity contribution in [1.82, 2.24) is 0 Å². The van der Waals surface area contributed by atoms with Crippen molar-refractivity contribution in [2.24, 2.45) is 0 Å². The van der Waals surface area contributed by atoms with Crippen molar-refractivity contribution in [1.29, 1.82) is 0 Å². The molecule has 110 valence electrons. The summed E-state index contributed by atoms with van der Waals surface area (Å²) in [7, 11) is 0. The van der Waals surface area contributed by atoms with E-state index in [4.69, 9.17) is 0 Å². The Hall–Kier alpha value is -1.40. The molecular weight excluding hydrogens is 375 g/mol. The third-order valence-electron chi connectivity index (χ3n) is 3.34. The van der Waals surface area contributed by atoms with Gasteiger partial charge in [0.05, 0.1) is 6.54 Å². The number of likely N-dealkylation sites (N-methyl/N-ethyl adjacent to an activating group) is 1. The predicted octanol–water partition coefficient (Wildman–Crippen LogP) is 2.33. The SMILES string of the molecule is CC[NH+](CC(=O)Nc1ccc(I)cc1)Cc1ccccc1. The number of rotatable bonds is 6. The van der Waals surface area contributed by atoms with Crippen LogP contribution in [0.25, 0.3) is 0 Å². The second kappa shape index (κ2) is 8.14. The van der Waals surface area contributed by atoms with Crippen molar-refractivity contribution in [2.45, 2.75) is 13.5 Å². The molecule has 0 saturated heterocycles. The van der Waals surface area contributed by atoms with Gasteiger partial charge in [-0.05, 0) is 53.8 Å². The quantitative estimate of drug-likeness (QED) is 0.724. The minimum absolute atomic E-state index is 0.0592. The molecule has 21 heavy (non-hydrogen) atoms. The molecule has 1 amide bonds. The van der Waals surface area contributed by atoms with Crippen molar-refractivity contribution in [3.05, 3.63) is 63.7 Å². The molecule has 0 saturated carbocycles. The molecule has 1 unspecified atom stereocenters. The molecule has 3 nitrogen and oxygen atoms in total. The molecule has 4 heteroatoms. The average molecular weight is 395 g/mol. The molecule has 0 aliphatic carbocycles. The van der Waals surface area contributed by atoms with Gasteiger partial charge in [0, 0.05) is 14.8 Å². The fraction of sp³-hybridized carbons (Fsp3) is 0.235. The summed E-state index contributed by atoms with van der Waals surface area (Å²) in [6.45, 7) is 4.39. The van der Waals surface area contributed by atoms with Crippen molar-refractivity contribution in [3.8, 4) is 0 Å². The first-order chi connectivity index (χ1) is 10.2. The van der Waals surface area contributed by atoms with Crippen molar-refractivity contribution in [3.63, 3.8) is 0 Å². The Labute approximate surface area is 139 Å². The number of nitrogens with one attached hydrogen (secondary N) is 2. The molecular formula is C17H20IN2O+. The Morgan fingerprint density at radius 1 is 1.10 bits per heavy atom. The van der Waals surface area contributed by atoms with Crippen LogP contribution in [0.1, 0.15) is 12.5 Å². The van der Waals surface area contributed by atoms with Crippen LogP contribution in [0.2, 0.25) is 0 Å². The minimum Gasteiger partial charge on any atom is -0.324 e. The maximum absolute atomic E-state index is 12.1. The van der Waals surface area contributed by atoms with Crippen LogP contribution >= 0.6 is 22.6 Å². The molecule has 0 bridgehead atoms. The first-order valence-corrected chi connectivity index (χ1v) is 8.18. The highest BCUT2D eigenvalue weighted by Gasteiger charge is 2.13. The van der Waals surface area contributed by atoms with E-state index in [0.29, 0.717) is 6.54 Å². The van der Waals surface area contributed by atoms with Gasteiger partial charge in [-0.15, -0.1) is 0 Å². The molecule has 2 rings (SSSR count). The van der Waals surface area contributed by atoms with Gasteiger partial charge in [0.2, 0.25) is 0 Å². The van der Waals surface area contributed by atoms with Gasteiger partial charge >= 0.3 is 0 Å². The fourth-order valence-electron chi connectivity index (χ4n) is 2.16. The van der Waals surface area contributed by atoms with Crippen LogP contribution in [-0.4, -0.2) is 19.0 Å². The monoisotopic (exact) mass is 395 g/mol. The zero-order valence-corrected chi connectivity index (χ0v) is 14.3. The number of hydrogen-bond acceptors (Lipinski definition) is 1. The number of amides is 1. The molecule has 0 radical (unpaired) electrons. The van der Waals surface area contributed by atoms with Crippen LogP contribution in [0, 0.1) is 3.57 Å². The Morgan fingerprint density at radius 2 is 1.76 bits per heavy atom. The highest BCUT2D eigenvalue weighted by molar-refractivity contribution is 14.1. The maximum Gasteiger partial charge on any atom is 0.279 e. The largest absolute Gasteiger partial charge is 0.324 e. The van der Waals surface area contributed by atoms with Gasteiger partial charge in [-0.25, -0.2) is 0 Å². The Balaban J connectivity index is 1.89. The lowest BCUT2D eigenvalue weighted by molar-refractivity contribution is -0.903. The van der Waals surface area contributed by atoms with Gasteiger partial charge in [-0.3, -0.25) is 4.79 Å². The second-order valence-corrected chi connectivity index (χ2v) is 6.24. The molecule has 2 N–H and O–H groups in total. The van der Waals surface area contributed by atoms with E-state index in [9.17, 15) is 4.79 Å². The van der Waals surface area contributed by atoms with E-state index in [1.54, 1.807) is 0 Å². The first-order valence-electron chi connectivity index (χ1n) is 7.10. The summed E-state index contributed by atoms with van der Waals surface area (Å²) in [5.74, 6) is 0.0592. The summed E-state index contributed by atoms with van der Waals surface area (Å²) < 4.78 is 1.16. The summed E-state index contributed by atoms with van der Waals surface area (Å²) >= 11 is 2.25. The molecule has 2 aromatic rings. The van der Waals surface area contributed by atoms with Crippen LogP contribution in [0.4, 0.5) is 5.69 Å². The third kappa shape index (κ3) is 5.47. The van der Waals surface area contributed by atoms with E-state index < -0.39 is 0 Å². The Morgan fingerprint density at radius 3 is 2.38 bits per heavy atom. The van der Waals surface area contributed by atoms with Gasteiger partial charge in [0.25, 0.3) is 5.91 Å². The summed E-state index contributed by atoms with van der Waals surface area (Å²) in [5, 5.41) is 2.96. The summed E-state index contributed by atoms with van der Waals surface area (Å²) in [6, 6.07) is 18.1. The lowest BCUT2D eigenvalue weighted by atomic mass is 10.2. The third-order valence-corrected chi connectivity index (χ3v) is 4.05. The molecule has 0 aliphatic rings. The number of benzene rings is 2. The highest BCUT2D eigenvalue weighted by Crippen LogP contribution is 2.10. The number of carbonyl (C=O) groups excluding carboxylic acids is 1. The zero-order chi connectivity index (χ0) is 15.1. The summed E-state index contributed by atoms with van der Waals surface area (Å²) in [4.78, 5) is 13.4. The van der Waals surface area contributed by atoms with E-state index in [1.165, 1.54) is 10.5 Å². The zero-order valence-electron chi connectivity index (χ0n) is 12.1. The topological polar surface area (TPSA) is 33.5 Å². The lowest BCUT2D eigenvalue weighted by Gasteiger charge is -2.17. The van der Waals surface area contributed by atoms with Crippen LogP contribution in [-0.2, 0) is 11.3 Å². The Bertz CT molecular complexity index is 569. The smallest absolute Gasteiger partial charge is 0.279 e. The van der Waals surface area contributed by atoms with E-state index in [-0.39, 0.29) is 5.91 Å². The fourth-order valence-corrected chi connectivity index (χ4v) is 2.52. The van der Waals surface area contributed by atoms with Gasteiger partial charge in [-0.2, -0.15) is 0 Å². The Kier molecular flexibility index (Phi) is 6.20. The van der Waals surface area contributed by atoms with Crippen LogP contribution in [0.15, 0.2) is 54.6 Å². The van der Waals surface area contributed by atoms with Gasteiger partial charge < -0.3 is 10.2 Å². The van der Waals surface area contributed by atoms with E-state index >= 15 is 0 Å². The van der Waals surface area contributed by atoms with Crippen LogP contribution in [0.3, 0.4) is 0 Å². The number of anilines is 1. The molecule has 0 spiro atoms. The number of carbonyl (C=O) groups is 1. The number of hydrogen-bond donors (Lipinski definition) is 2. The second-order valence-electron chi connectivity index (χ2n) is 5.00. The average Bonchev–Trinajstić information content (AvgIpc) is 2.50. The molecule has 2 aromatic carbocycles. The van der Waals surface area contributed by atoms with Crippen molar-refractivity contribution < 1.29 is 9.69 Å². The van der Waals surface area contributed by atoms with Gasteiger partial charge in [-0.1, -0.05) is 30.3 Å². The minimum atomic E-state index is 0.0592. The normalized spacial score (nSPS) is 11.9. The summed E-state index contributed by atoms with van der Waals surface area (Å²) in [5.41, 5.74) is 2.12. The van der Waals surface area contributed by atoms with Crippen LogP contribution < -0.4 is 10.2 Å². The predicted molar refractivity (Wildman–Crippen MR) is 94.3 cm³/mol. The maximum atomic E-state index is 12.1. The highest BCUT2D eigenvalue weighted by atomic mass is 127. The van der Waals surface area contributed by atoms with E-state index in [1.807, 2.05) is 42.5 Å². The molecule has 0 fully saturated rings. The van der Waals surface area contributed by atoms with E-state index in [2.05, 4.69) is 47.0 Å². The molecule has 0 heterocycles. The molecule has 0 aromatic heterocycles. The number of quaternary nitrogens is 1. The molecule has 1 atom stereocenters. The van der Waals surface area contributed by atoms with Crippen molar-refractivity contribution >= 4 is 34.2 Å². The first kappa shape index (κ1) is 16.0. The lowest BCUT2D eigenvalue weighted by Crippen LogP contribution is -3.11. The standard InChI is InChI=1S/C17H19IN2O/c1-2-20(12-14-6-4-3-5-7-14)13-17(21)19-16-10-8-15(18)9-11-16/h3-11H,2,12-13H2,1H3,(H,19,21)/p+1. The van der Waals surface area contributed by atoms with Gasteiger partial charge in [0.1, 0.15) is 6.54 Å². The van der Waals surface area contributed by atoms with Crippen molar-refractivity contribution in [2.75, 3.05) is 18.4 Å². The van der Waals surface area contributed by atoms with Crippen LogP contribution in [0.5, 0.6) is 0 Å². The molecule has 0 aliphatic heterocycles. The number of halogens is 1.